The third-order valence-electron chi connectivity index (χ3n) is 4.93. The fraction of sp³-hybridized carbons (Fsp3) is 0.450. The van der Waals surface area contributed by atoms with E-state index < -0.39 is 10.0 Å². The third-order valence-corrected chi connectivity index (χ3v) is 8.05. The van der Waals surface area contributed by atoms with Gasteiger partial charge in [-0.05, 0) is 37.6 Å². The lowest BCUT2D eigenvalue weighted by atomic mass is 10.1. The predicted molar refractivity (Wildman–Crippen MR) is 112 cm³/mol. The van der Waals surface area contributed by atoms with Gasteiger partial charge in [0, 0.05) is 62.1 Å². The minimum absolute atomic E-state index is 0.0146. The molecule has 0 aliphatic carbocycles. The second-order valence-electron chi connectivity index (χ2n) is 7.36. The summed E-state index contributed by atoms with van der Waals surface area (Å²) < 4.78 is 27.5. The molecular weight excluding hydrogens is 394 g/mol. The molecule has 0 radical (unpaired) electrons. The van der Waals surface area contributed by atoms with Gasteiger partial charge in [-0.1, -0.05) is 12.1 Å². The number of hydrogen-bond acceptors (Lipinski definition) is 5. The number of carbonyl (C=O) groups is 1. The number of thiophene rings is 1. The summed E-state index contributed by atoms with van der Waals surface area (Å²) >= 11 is 1.52. The number of nitrogens with zero attached hydrogens (tertiary/aromatic N) is 3. The highest BCUT2D eigenvalue weighted by molar-refractivity contribution is 7.89. The van der Waals surface area contributed by atoms with Crippen molar-refractivity contribution in [3.8, 4) is 0 Å². The summed E-state index contributed by atoms with van der Waals surface area (Å²) in [5.74, 6) is -0.0146. The average Bonchev–Trinajstić information content (AvgIpc) is 3.00. The standard InChI is InChI=1S/C20H27N3O3S2/c1-15-12-19(16(2)27-15)28(25,26)23-10-8-22(9-11-23)14-17-6-5-7-18(13-17)20(24)21(3)4/h5-7,12-13H,8-11,14H2,1-4H3. The zero-order valence-corrected chi connectivity index (χ0v) is 18.4. The summed E-state index contributed by atoms with van der Waals surface area (Å²) in [7, 11) is 0.0541. The molecule has 8 heteroatoms. The maximum absolute atomic E-state index is 12.9. The fourth-order valence-corrected chi connectivity index (χ4v) is 6.40. The maximum Gasteiger partial charge on any atom is 0.253 e. The van der Waals surface area contributed by atoms with Crippen molar-refractivity contribution in [3.63, 3.8) is 0 Å². The van der Waals surface area contributed by atoms with E-state index in [1.165, 1.54) is 11.3 Å². The summed E-state index contributed by atoms with van der Waals surface area (Å²) in [6.07, 6.45) is 0. The molecule has 0 N–H and O–H groups in total. The first-order valence-electron chi connectivity index (χ1n) is 9.28. The van der Waals surface area contributed by atoms with Gasteiger partial charge in [0.1, 0.15) is 0 Å². The van der Waals surface area contributed by atoms with E-state index in [0.717, 1.165) is 15.3 Å². The zero-order chi connectivity index (χ0) is 20.5. The van der Waals surface area contributed by atoms with Crippen molar-refractivity contribution in [2.24, 2.45) is 0 Å². The first-order valence-corrected chi connectivity index (χ1v) is 11.5. The summed E-state index contributed by atoms with van der Waals surface area (Å²) in [6, 6.07) is 9.42. The molecule has 1 amide bonds. The van der Waals surface area contributed by atoms with Gasteiger partial charge in [0.05, 0.1) is 4.90 Å². The third kappa shape index (κ3) is 4.46. The van der Waals surface area contributed by atoms with E-state index in [9.17, 15) is 13.2 Å². The van der Waals surface area contributed by atoms with Crippen molar-refractivity contribution >= 4 is 27.3 Å². The van der Waals surface area contributed by atoms with E-state index in [-0.39, 0.29) is 5.91 Å². The second kappa shape index (κ2) is 8.32. The molecule has 0 unspecified atom stereocenters. The van der Waals surface area contributed by atoms with Gasteiger partial charge < -0.3 is 4.90 Å². The number of aryl methyl sites for hydroxylation is 2. The van der Waals surface area contributed by atoms with Gasteiger partial charge in [0.25, 0.3) is 5.91 Å². The lowest BCUT2D eigenvalue weighted by molar-refractivity contribution is 0.0827. The van der Waals surface area contributed by atoms with Crippen LogP contribution in [0.3, 0.4) is 0 Å². The highest BCUT2D eigenvalue weighted by Crippen LogP contribution is 2.28. The van der Waals surface area contributed by atoms with Crippen LogP contribution in [0.4, 0.5) is 0 Å². The van der Waals surface area contributed by atoms with Crippen LogP contribution < -0.4 is 0 Å². The molecular formula is C20H27N3O3S2. The van der Waals surface area contributed by atoms with Gasteiger partial charge in [-0.3, -0.25) is 9.69 Å². The summed E-state index contributed by atoms with van der Waals surface area (Å²) in [5.41, 5.74) is 1.74. The van der Waals surface area contributed by atoms with E-state index in [1.54, 1.807) is 29.4 Å². The van der Waals surface area contributed by atoms with Crippen LogP contribution >= 0.6 is 11.3 Å². The van der Waals surface area contributed by atoms with Crippen LogP contribution in [0.5, 0.6) is 0 Å². The lowest BCUT2D eigenvalue weighted by Gasteiger charge is -2.34. The maximum atomic E-state index is 12.9. The molecule has 1 fully saturated rings. The van der Waals surface area contributed by atoms with Crippen LogP contribution in [-0.4, -0.2) is 68.7 Å². The Bertz CT molecular complexity index is 959. The van der Waals surface area contributed by atoms with E-state index in [4.69, 9.17) is 0 Å². The van der Waals surface area contributed by atoms with Crippen LogP contribution in [0.1, 0.15) is 25.7 Å². The number of piperazine rings is 1. The number of benzene rings is 1. The molecule has 1 aliphatic rings. The van der Waals surface area contributed by atoms with Gasteiger partial charge in [-0.2, -0.15) is 4.31 Å². The van der Waals surface area contributed by atoms with Crippen molar-refractivity contribution in [1.82, 2.24) is 14.1 Å². The quantitative estimate of drug-likeness (QED) is 0.745. The SMILES string of the molecule is Cc1cc(S(=O)(=O)N2CCN(Cc3cccc(C(=O)N(C)C)c3)CC2)c(C)s1. The molecule has 1 aromatic heterocycles. The van der Waals surface area contributed by atoms with Crippen molar-refractivity contribution in [2.75, 3.05) is 40.3 Å². The smallest absolute Gasteiger partial charge is 0.253 e. The molecule has 152 valence electrons. The Morgan fingerprint density at radius 1 is 1.11 bits per heavy atom. The lowest BCUT2D eigenvalue weighted by Crippen LogP contribution is -2.48. The Morgan fingerprint density at radius 2 is 1.79 bits per heavy atom. The second-order valence-corrected chi connectivity index (χ2v) is 10.7. The van der Waals surface area contributed by atoms with Gasteiger partial charge in [0.2, 0.25) is 10.0 Å². The van der Waals surface area contributed by atoms with Crippen LogP contribution in [0.2, 0.25) is 0 Å². The molecule has 0 bridgehead atoms. The van der Waals surface area contributed by atoms with Crippen LogP contribution in [0, 0.1) is 13.8 Å². The average molecular weight is 422 g/mol. The van der Waals surface area contributed by atoms with Crippen LogP contribution in [0.25, 0.3) is 0 Å². The number of rotatable bonds is 5. The Balaban J connectivity index is 1.64. The Labute approximate surface area is 171 Å². The topological polar surface area (TPSA) is 60.9 Å². The molecule has 3 rings (SSSR count). The Hall–Kier alpha value is -1.74. The minimum Gasteiger partial charge on any atom is -0.345 e. The van der Waals surface area contributed by atoms with E-state index >= 15 is 0 Å². The van der Waals surface area contributed by atoms with E-state index in [0.29, 0.717) is 43.2 Å². The number of carbonyl (C=O) groups excluding carboxylic acids is 1. The van der Waals surface area contributed by atoms with Crippen LogP contribution in [-0.2, 0) is 16.6 Å². The first kappa shape index (κ1) is 21.0. The fourth-order valence-electron chi connectivity index (χ4n) is 3.45. The Morgan fingerprint density at radius 3 is 2.36 bits per heavy atom. The molecule has 0 atom stereocenters. The minimum atomic E-state index is -3.43. The predicted octanol–water partition coefficient (Wildman–Crippen LogP) is 2.57. The van der Waals surface area contributed by atoms with Crippen molar-refractivity contribution in [1.29, 1.82) is 0 Å². The van der Waals surface area contributed by atoms with Crippen molar-refractivity contribution in [2.45, 2.75) is 25.3 Å². The number of sulfonamides is 1. The van der Waals surface area contributed by atoms with E-state index in [1.807, 2.05) is 38.1 Å². The van der Waals surface area contributed by atoms with Crippen molar-refractivity contribution < 1.29 is 13.2 Å². The van der Waals surface area contributed by atoms with Crippen molar-refractivity contribution in [3.05, 3.63) is 51.2 Å². The molecule has 0 saturated carbocycles. The summed E-state index contributed by atoms with van der Waals surface area (Å²) in [5, 5.41) is 0. The molecule has 2 heterocycles. The normalized spacial score (nSPS) is 16.3. The van der Waals surface area contributed by atoms with Gasteiger partial charge in [-0.25, -0.2) is 8.42 Å². The molecule has 0 spiro atoms. The van der Waals surface area contributed by atoms with Crippen LogP contribution in [0.15, 0.2) is 35.2 Å². The highest BCUT2D eigenvalue weighted by atomic mass is 32.2. The highest BCUT2D eigenvalue weighted by Gasteiger charge is 2.30. The summed E-state index contributed by atoms with van der Waals surface area (Å²) in [6.45, 7) is 6.81. The Kier molecular flexibility index (Phi) is 6.24. The number of amides is 1. The van der Waals surface area contributed by atoms with Gasteiger partial charge >= 0.3 is 0 Å². The zero-order valence-electron chi connectivity index (χ0n) is 16.8. The van der Waals surface area contributed by atoms with Gasteiger partial charge in [-0.15, -0.1) is 11.3 Å². The van der Waals surface area contributed by atoms with E-state index in [2.05, 4.69) is 4.90 Å². The molecule has 1 aliphatic heterocycles. The largest absolute Gasteiger partial charge is 0.345 e. The number of hydrogen-bond donors (Lipinski definition) is 0. The molecule has 2 aromatic rings. The molecule has 6 nitrogen and oxygen atoms in total. The van der Waals surface area contributed by atoms with Gasteiger partial charge in [0.15, 0.2) is 0 Å². The summed E-state index contributed by atoms with van der Waals surface area (Å²) in [4.78, 5) is 18.3. The monoisotopic (exact) mass is 421 g/mol. The molecule has 1 saturated heterocycles. The molecule has 28 heavy (non-hydrogen) atoms. The first-order chi connectivity index (χ1) is 13.2. The molecule has 1 aromatic carbocycles.